The molecule has 20 heavy (non-hydrogen) atoms. The van der Waals surface area contributed by atoms with Gasteiger partial charge in [0.1, 0.15) is 0 Å². The standard InChI is InChI=1S/C15H24N4O/c1-11-8-13(19-16)12(9-17-11)14(20)18-10-15(2)6-4-3-5-7-15/h8-9H,3-7,10,16H2,1-2H3,(H,17,19)(H,18,20). The number of rotatable bonds is 4. The molecule has 1 aromatic rings. The summed E-state index contributed by atoms with van der Waals surface area (Å²) >= 11 is 0. The van der Waals surface area contributed by atoms with Crippen molar-refractivity contribution >= 4 is 11.6 Å². The Balaban J connectivity index is 2.01. The Hall–Kier alpha value is -1.62. The van der Waals surface area contributed by atoms with E-state index in [-0.39, 0.29) is 11.3 Å². The predicted molar refractivity (Wildman–Crippen MR) is 80.3 cm³/mol. The van der Waals surface area contributed by atoms with E-state index >= 15 is 0 Å². The molecule has 0 spiro atoms. The van der Waals surface area contributed by atoms with Gasteiger partial charge in [-0.15, -0.1) is 0 Å². The zero-order chi connectivity index (χ0) is 14.6. The monoisotopic (exact) mass is 276 g/mol. The number of pyridine rings is 1. The van der Waals surface area contributed by atoms with Gasteiger partial charge in [-0.2, -0.15) is 0 Å². The fourth-order valence-corrected chi connectivity index (χ4v) is 2.83. The van der Waals surface area contributed by atoms with E-state index in [9.17, 15) is 4.79 Å². The van der Waals surface area contributed by atoms with Crippen LogP contribution in [-0.2, 0) is 0 Å². The van der Waals surface area contributed by atoms with E-state index < -0.39 is 0 Å². The number of amides is 1. The maximum absolute atomic E-state index is 12.3. The molecule has 1 heterocycles. The molecule has 1 aromatic heterocycles. The number of aromatic nitrogens is 1. The molecule has 0 atom stereocenters. The Labute approximate surface area is 120 Å². The van der Waals surface area contributed by atoms with Crippen LogP contribution < -0.4 is 16.6 Å². The third-order valence-corrected chi connectivity index (χ3v) is 4.18. The summed E-state index contributed by atoms with van der Waals surface area (Å²) in [7, 11) is 0. The van der Waals surface area contributed by atoms with E-state index in [1.165, 1.54) is 32.1 Å². The summed E-state index contributed by atoms with van der Waals surface area (Å²) in [4.78, 5) is 16.4. The second-order valence-corrected chi connectivity index (χ2v) is 6.07. The van der Waals surface area contributed by atoms with Gasteiger partial charge in [-0.1, -0.05) is 26.2 Å². The first-order valence-corrected chi connectivity index (χ1v) is 7.25. The summed E-state index contributed by atoms with van der Waals surface area (Å²) in [5, 5.41) is 3.03. The van der Waals surface area contributed by atoms with Gasteiger partial charge in [-0.25, -0.2) is 0 Å². The smallest absolute Gasteiger partial charge is 0.255 e. The van der Waals surface area contributed by atoms with Crippen molar-refractivity contribution in [2.24, 2.45) is 11.3 Å². The summed E-state index contributed by atoms with van der Waals surface area (Å²) in [6.07, 6.45) is 7.76. The van der Waals surface area contributed by atoms with Crippen LogP contribution in [0.5, 0.6) is 0 Å². The molecule has 1 aliphatic rings. The molecule has 5 nitrogen and oxygen atoms in total. The van der Waals surface area contributed by atoms with Gasteiger partial charge in [0.15, 0.2) is 0 Å². The van der Waals surface area contributed by atoms with E-state index in [1.807, 2.05) is 6.92 Å². The molecule has 1 saturated carbocycles. The first kappa shape index (κ1) is 14.8. The van der Waals surface area contributed by atoms with Gasteiger partial charge < -0.3 is 10.7 Å². The van der Waals surface area contributed by atoms with Crippen molar-refractivity contribution in [3.05, 3.63) is 23.5 Å². The predicted octanol–water partition coefficient (Wildman–Crippen LogP) is 2.38. The topological polar surface area (TPSA) is 80.0 Å². The Morgan fingerprint density at radius 1 is 1.40 bits per heavy atom. The van der Waals surface area contributed by atoms with Crippen molar-refractivity contribution in [3.8, 4) is 0 Å². The van der Waals surface area contributed by atoms with Crippen molar-refractivity contribution in [1.29, 1.82) is 0 Å². The summed E-state index contributed by atoms with van der Waals surface area (Å²) in [6.45, 7) is 4.83. The molecule has 1 amide bonds. The highest BCUT2D eigenvalue weighted by atomic mass is 16.1. The summed E-state index contributed by atoms with van der Waals surface area (Å²) in [5.74, 6) is 5.35. The first-order valence-electron chi connectivity index (χ1n) is 7.25. The largest absolute Gasteiger partial charge is 0.351 e. The van der Waals surface area contributed by atoms with Gasteiger partial charge in [0, 0.05) is 18.4 Å². The second kappa shape index (κ2) is 6.22. The number of nitrogen functional groups attached to an aromatic ring is 1. The molecule has 0 unspecified atom stereocenters. The summed E-state index contributed by atoms with van der Waals surface area (Å²) < 4.78 is 0. The third kappa shape index (κ3) is 3.48. The average molecular weight is 276 g/mol. The van der Waals surface area contributed by atoms with Crippen LogP contribution in [0.15, 0.2) is 12.3 Å². The molecule has 0 aliphatic heterocycles. The van der Waals surface area contributed by atoms with Gasteiger partial charge in [-0.3, -0.25) is 15.6 Å². The van der Waals surface area contributed by atoms with Gasteiger partial charge in [0.25, 0.3) is 5.91 Å². The van der Waals surface area contributed by atoms with E-state index in [4.69, 9.17) is 5.84 Å². The van der Waals surface area contributed by atoms with Gasteiger partial charge in [-0.05, 0) is 31.2 Å². The van der Waals surface area contributed by atoms with Crippen LogP contribution in [0.25, 0.3) is 0 Å². The van der Waals surface area contributed by atoms with E-state index in [0.717, 1.165) is 5.69 Å². The normalized spacial score (nSPS) is 17.6. The van der Waals surface area contributed by atoms with Gasteiger partial charge in [0.2, 0.25) is 0 Å². The molecule has 110 valence electrons. The quantitative estimate of drug-likeness (QED) is 0.582. The first-order chi connectivity index (χ1) is 9.54. The van der Waals surface area contributed by atoms with Gasteiger partial charge in [0.05, 0.1) is 11.3 Å². The van der Waals surface area contributed by atoms with Gasteiger partial charge >= 0.3 is 0 Å². The maximum Gasteiger partial charge on any atom is 0.255 e. The average Bonchev–Trinajstić information content (AvgIpc) is 2.45. The summed E-state index contributed by atoms with van der Waals surface area (Å²) in [5.41, 5.74) is 4.73. The fraction of sp³-hybridized carbons (Fsp3) is 0.600. The number of nitrogens with two attached hydrogens (primary N) is 1. The lowest BCUT2D eigenvalue weighted by molar-refractivity contribution is 0.0919. The number of aryl methyl sites for hydroxylation is 1. The highest BCUT2D eigenvalue weighted by molar-refractivity contribution is 5.99. The van der Waals surface area contributed by atoms with Crippen LogP contribution in [0, 0.1) is 12.3 Å². The minimum Gasteiger partial charge on any atom is -0.351 e. The minimum absolute atomic E-state index is 0.114. The van der Waals surface area contributed by atoms with Crippen LogP contribution in [0.4, 0.5) is 5.69 Å². The fourth-order valence-electron chi connectivity index (χ4n) is 2.83. The van der Waals surface area contributed by atoms with E-state index in [0.29, 0.717) is 17.8 Å². The van der Waals surface area contributed by atoms with Crippen molar-refractivity contribution in [3.63, 3.8) is 0 Å². The van der Waals surface area contributed by atoms with Crippen molar-refractivity contribution in [2.75, 3.05) is 12.0 Å². The second-order valence-electron chi connectivity index (χ2n) is 6.07. The molecule has 0 aromatic carbocycles. The number of hydrogen-bond acceptors (Lipinski definition) is 4. The van der Waals surface area contributed by atoms with Crippen molar-refractivity contribution < 1.29 is 4.79 Å². The van der Waals surface area contributed by atoms with E-state index in [1.54, 1.807) is 12.3 Å². The number of anilines is 1. The molecule has 0 radical (unpaired) electrons. The number of nitrogens with one attached hydrogen (secondary N) is 2. The highest BCUT2D eigenvalue weighted by Crippen LogP contribution is 2.35. The maximum atomic E-state index is 12.3. The van der Waals surface area contributed by atoms with Crippen molar-refractivity contribution in [1.82, 2.24) is 10.3 Å². The Kier molecular flexibility index (Phi) is 4.60. The number of carbonyl (C=O) groups is 1. The molecule has 0 bridgehead atoms. The highest BCUT2D eigenvalue weighted by Gasteiger charge is 2.27. The Bertz CT molecular complexity index is 481. The number of carbonyl (C=O) groups excluding carboxylic acids is 1. The van der Waals surface area contributed by atoms with Crippen LogP contribution in [0.1, 0.15) is 55.1 Å². The minimum atomic E-state index is -0.114. The number of hydrogen-bond donors (Lipinski definition) is 3. The zero-order valence-corrected chi connectivity index (χ0v) is 12.3. The molecule has 4 N–H and O–H groups in total. The Morgan fingerprint density at radius 3 is 2.75 bits per heavy atom. The molecule has 5 heteroatoms. The SMILES string of the molecule is Cc1cc(NN)c(C(=O)NCC2(C)CCCCC2)cn1. The number of nitrogens with zero attached hydrogens (tertiary/aromatic N) is 1. The molecule has 1 fully saturated rings. The lowest BCUT2D eigenvalue weighted by atomic mass is 9.76. The molecular formula is C15H24N4O. The van der Waals surface area contributed by atoms with Crippen molar-refractivity contribution in [2.45, 2.75) is 46.0 Å². The molecular weight excluding hydrogens is 252 g/mol. The molecule has 0 saturated heterocycles. The van der Waals surface area contributed by atoms with Crippen LogP contribution in [0.2, 0.25) is 0 Å². The Morgan fingerprint density at radius 2 is 2.10 bits per heavy atom. The summed E-state index contributed by atoms with van der Waals surface area (Å²) in [6, 6.07) is 1.78. The number of hydrazine groups is 1. The van der Waals surface area contributed by atoms with Crippen LogP contribution in [0.3, 0.4) is 0 Å². The zero-order valence-electron chi connectivity index (χ0n) is 12.3. The lowest BCUT2D eigenvalue weighted by Gasteiger charge is -2.33. The molecule has 1 aliphatic carbocycles. The van der Waals surface area contributed by atoms with Crippen LogP contribution >= 0.6 is 0 Å². The molecule has 2 rings (SSSR count). The third-order valence-electron chi connectivity index (χ3n) is 4.18. The lowest BCUT2D eigenvalue weighted by Crippen LogP contribution is -2.37. The van der Waals surface area contributed by atoms with E-state index in [2.05, 4.69) is 22.7 Å². The van der Waals surface area contributed by atoms with Crippen LogP contribution in [-0.4, -0.2) is 17.4 Å².